The average Bonchev–Trinajstić information content (AvgIpc) is 2.97. The first-order valence-electron chi connectivity index (χ1n) is 8.03. The highest BCUT2D eigenvalue weighted by Crippen LogP contribution is 2.41. The first-order valence-corrected chi connectivity index (χ1v) is 8.41. The number of phenolic OH excluding ortho intramolecular Hbond substituents is 1. The molecule has 0 aliphatic heterocycles. The molecule has 25 heavy (non-hydrogen) atoms. The van der Waals surface area contributed by atoms with E-state index in [1.165, 1.54) is 0 Å². The summed E-state index contributed by atoms with van der Waals surface area (Å²) in [6.07, 6.45) is 0. The van der Waals surface area contributed by atoms with E-state index in [2.05, 4.69) is 6.07 Å². The maximum absolute atomic E-state index is 9.72. The number of furan rings is 1. The van der Waals surface area contributed by atoms with Crippen LogP contribution in [0.25, 0.3) is 43.8 Å². The summed E-state index contributed by atoms with van der Waals surface area (Å²) in [5.74, 6) is 0.246. The van der Waals surface area contributed by atoms with Gasteiger partial charge in [0.25, 0.3) is 0 Å². The molecule has 3 heteroatoms. The molecule has 0 aliphatic rings. The Kier molecular flexibility index (Phi) is 3.03. The number of hydrogen-bond acceptors (Lipinski definition) is 2. The average molecular weight is 345 g/mol. The Morgan fingerprint density at radius 2 is 1.60 bits per heavy atom. The van der Waals surface area contributed by atoms with Gasteiger partial charge in [0, 0.05) is 16.3 Å². The van der Waals surface area contributed by atoms with Crippen LogP contribution in [0.1, 0.15) is 0 Å². The fourth-order valence-electron chi connectivity index (χ4n) is 3.42. The molecule has 0 saturated carbocycles. The first-order chi connectivity index (χ1) is 12.2. The molecule has 4 aromatic carbocycles. The van der Waals surface area contributed by atoms with E-state index in [4.69, 9.17) is 16.0 Å². The van der Waals surface area contributed by atoms with Gasteiger partial charge in [-0.1, -0.05) is 48.0 Å². The lowest BCUT2D eigenvalue weighted by Gasteiger charge is -2.05. The Bertz CT molecular complexity index is 1250. The summed E-state index contributed by atoms with van der Waals surface area (Å²) < 4.78 is 6.20. The zero-order valence-electron chi connectivity index (χ0n) is 13.2. The van der Waals surface area contributed by atoms with Gasteiger partial charge < -0.3 is 9.52 Å². The van der Waals surface area contributed by atoms with Gasteiger partial charge in [-0.15, -0.1) is 0 Å². The normalized spacial score (nSPS) is 11.6. The SMILES string of the molecule is Oc1ccc2cc3c(cc2c1)oc1c(-c2ccccc2)c(Cl)ccc13. The molecule has 2 nitrogen and oxygen atoms in total. The molecular formula is C22H13ClO2. The maximum atomic E-state index is 9.72. The lowest BCUT2D eigenvalue weighted by Crippen LogP contribution is -1.80. The summed E-state index contributed by atoms with van der Waals surface area (Å²) in [6, 6.07) is 23.4. The Balaban J connectivity index is 1.91. The molecule has 0 bridgehead atoms. The van der Waals surface area contributed by atoms with Crippen LogP contribution in [0, 0.1) is 0 Å². The number of rotatable bonds is 1. The van der Waals surface area contributed by atoms with E-state index in [1.54, 1.807) is 12.1 Å². The zero-order chi connectivity index (χ0) is 17.0. The molecule has 1 N–H and O–H groups in total. The number of halogens is 1. The van der Waals surface area contributed by atoms with Crippen LogP contribution in [-0.4, -0.2) is 5.11 Å². The van der Waals surface area contributed by atoms with E-state index in [0.29, 0.717) is 5.02 Å². The van der Waals surface area contributed by atoms with Crippen molar-refractivity contribution in [2.45, 2.75) is 0 Å². The minimum Gasteiger partial charge on any atom is -0.508 e. The van der Waals surface area contributed by atoms with Gasteiger partial charge in [-0.2, -0.15) is 0 Å². The molecule has 0 atom stereocenters. The van der Waals surface area contributed by atoms with Crippen LogP contribution < -0.4 is 0 Å². The van der Waals surface area contributed by atoms with Gasteiger partial charge >= 0.3 is 0 Å². The predicted octanol–water partition coefficient (Wildman–Crippen LogP) is 6.77. The van der Waals surface area contributed by atoms with Crippen LogP contribution >= 0.6 is 11.6 Å². The van der Waals surface area contributed by atoms with Gasteiger partial charge in [0.1, 0.15) is 16.9 Å². The van der Waals surface area contributed by atoms with Gasteiger partial charge in [0.05, 0.1) is 5.02 Å². The zero-order valence-corrected chi connectivity index (χ0v) is 13.9. The van der Waals surface area contributed by atoms with Gasteiger partial charge in [0.15, 0.2) is 0 Å². The van der Waals surface area contributed by atoms with Crippen molar-refractivity contribution in [3.8, 4) is 16.9 Å². The van der Waals surface area contributed by atoms with Crippen molar-refractivity contribution in [1.82, 2.24) is 0 Å². The van der Waals surface area contributed by atoms with Gasteiger partial charge in [-0.05, 0) is 52.7 Å². The molecule has 5 rings (SSSR count). The Morgan fingerprint density at radius 1 is 0.760 bits per heavy atom. The summed E-state index contributed by atoms with van der Waals surface area (Å²) in [7, 11) is 0. The fourth-order valence-corrected chi connectivity index (χ4v) is 3.68. The summed E-state index contributed by atoms with van der Waals surface area (Å²) in [5.41, 5.74) is 3.50. The van der Waals surface area contributed by atoms with Crippen molar-refractivity contribution in [2.75, 3.05) is 0 Å². The summed E-state index contributed by atoms with van der Waals surface area (Å²) >= 11 is 6.50. The Hall–Kier alpha value is -2.97. The molecule has 120 valence electrons. The van der Waals surface area contributed by atoms with Crippen molar-refractivity contribution in [2.24, 2.45) is 0 Å². The van der Waals surface area contributed by atoms with Crippen LogP contribution in [0.4, 0.5) is 0 Å². The van der Waals surface area contributed by atoms with Crippen molar-refractivity contribution >= 4 is 44.3 Å². The minimum absolute atomic E-state index is 0.246. The minimum atomic E-state index is 0.246. The van der Waals surface area contributed by atoms with E-state index in [0.717, 1.165) is 43.8 Å². The second kappa shape index (κ2) is 5.27. The van der Waals surface area contributed by atoms with E-state index in [1.807, 2.05) is 54.6 Å². The fraction of sp³-hybridized carbons (Fsp3) is 0. The highest BCUT2D eigenvalue weighted by Gasteiger charge is 2.16. The summed E-state index contributed by atoms with van der Waals surface area (Å²) in [5, 5.41) is 14.5. The predicted molar refractivity (Wildman–Crippen MR) is 103 cm³/mol. The molecule has 0 amide bonds. The molecular weight excluding hydrogens is 332 g/mol. The van der Waals surface area contributed by atoms with Crippen LogP contribution in [0.15, 0.2) is 77.2 Å². The van der Waals surface area contributed by atoms with Gasteiger partial charge in [-0.3, -0.25) is 0 Å². The lowest BCUT2D eigenvalue weighted by atomic mass is 10.0. The van der Waals surface area contributed by atoms with Crippen molar-refractivity contribution in [1.29, 1.82) is 0 Å². The van der Waals surface area contributed by atoms with Gasteiger partial charge in [0.2, 0.25) is 0 Å². The second-order valence-electron chi connectivity index (χ2n) is 6.15. The molecule has 0 unspecified atom stereocenters. The molecule has 1 heterocycles. The first kappa shape index (κ1) is 14.4. The highest BCUT2D eigenvalue weighted by molar-refractivity contribution is 6.35. The van der Waals surface area contributed by atoms with E-state index in [-0.39, 0.29) is 5.75 Å². The number of fused-ring (bicyclic) bond motifs is 4. The monoisotopic (exact) mass is 344 g/mol. The third kappa shape index (κ3) is 2.19. The molecule has 0 fully saturated rings. The third-order valence-corrected chi connectivity index (χ3v) is 4.91. The summed E-state index contributed by atoms with van der Waals surface area (Å²) in [6.45, 7) is 0. The number of benzene rings is 4. The largest absolute Gasteiger partial charge is 0.508 e. The molecule has 0 saturated heterocycles. The molecule has 0 aliphatic carbocycles. The van der Waals surface area contributed by atoms with E-state index >= 15 is 0 Å². The quantitative estimate of drug-likeness (QED) is 0.364. The molecule has 1 aromatic heterocycles. The molecule has 5 aromatic rings. The Morgan fingerprint density at radius 3 is 2.44 bits per heavy atom. The Labute approximate surface area is 148 Å². The van der Waals surface area contributed by atoms with Crippen LogP contribution in [0.5, 0.6) is 5.75 Å². The van der Waals surface area contributed by atoms with Crippen LogP contribution in [0.2, 0.25) is 5.02 Å². The van der Waals surface area contributed by atoms with Crippen molar-refractivity contribution in [3.05, 3.63) is 77.8 Å². The topological polar surface area (TPSA) is 33.4 Å². The second-order valence-corrected chi connectivity index (χ2v) is 6.55. The molecule has 0 radical (unpaired) electrons. The number of hydrogen-bond donors (Lipinski definition) is 1. The van der Waals surface area contributed by atoms with Crippen LogP contribution in [-0.2, 0) is 0 Å². The number of phenols is 1. The standard InChI is InChI=1S/C22H13ClO2/c23-19-9-8-17-18-11-14-6-7-16(24)10-15(14)12-20(18)25-22(17)21(19)13-4-2-1-3-5-13/h1-12,24H. The molecule has 0 spiro atoms. The summed E-state index contributed by atoms with van der Waals surface area (Å²) in [4.78, 5) is 0. The van der Waals surface area contributed by atoms with Crippen molar-refractivity contribution < 1.29 is 9.52 Å². The third-order valence-electron chi connectivity index (χ3n) is 4.59. The van der Waals surface area contributed by atoms with Gasteiger partial charge in [-0.25, -0.2) is 0 Å². The van der Waals surface area contributed by atoms with Crippen molar-refractivity contribution in [3.63, 3.8) is 0 Å². The highest BCUT2D eigenvalue weighted by atomic mass is 35.5. The smallest absolute Gasteiger partial charge is 0.144 e. The number of aromatic hydroxyl groups is 1. The van der Waals surface area contributed by atoms with E-state index < -0.39 is 0 Å². The lowest BCUT2D eigenvalue weighted by molar-refractivity contribution is 0.476. The van der Waals surface area contributed by atoms with E-state index in [9.17, 15) is 5.11 Å². The maximum Gasteiger partial charge on any atom is 0.144 e. The van der Waals surface area contributed by atoms with Crippen LogP contribution in [0.3, 0.4) is 0 Å².